The Labute approximate surface area is 118 Å². The van der Waals surface area contributed by atoms with E-state index in [1.807, 2.05) is 18.2 Å². The number of fused-ring (bicyclic) bond motifs is 1. The zero-order chi connectivity index (χ0) is 13.9. The van der Waals surface area contributed by atoms with Crippen LogP contribution in [0.2, 0.25) is 0 Å². The van der Waals surface area contributed by atoms with Crippen LogP contribution >= 0.6 is 0 Å². The van der Waals surface area contributed by atoms with Gasteiger partial charge in [0.05, 0.1) is 18.1 Å². The summed E-state index contributed by atoms with van der Waals surface area (Å²) in [5.41, 5.74) is 4.67. The van der Waals surface area contributed by atoms with Crippen LogP contribution in [0.5, 0.6) is 5.75 Å². The van der Waals surface area contributed by atoms with Gasteiger partial charge in [-0.05, 0) is 31.0 Å². The molecule has 0 saturated carbocycles. The number of hydrogen-bond acceptors (Lipinski definition) is 2. The summed E-state index contributed by atoms with van der Waals surface area (Å²) in [6, 6.07) is 14.5. The molecule has 0 aliphatic heterocycles. The molecule has 1 N–H and O–H groups in total. The molecule has 0 spiro atoms. The summed E-state index contributed by atoms with van der Waals surface area (Å²) in [4.78, 5) is 7.98. The van der Waals surface area contributed by atoms with Gasteiger partial charge in [-0.3, -0.25) is 0 Å². The van der Waals surface area contributed by atoms with Gasteiger partial charge in [0.15, 0.2) is 0 Å². The van der Waals surface area contributed by atoms with Crippen LogP contribution in [0.15, 0.2) is 42.5 Å². The lowest BCUT2D eigenvalue weighted by molar-refractivity contribution is 0.415. The van der Waals surface area contributed by atoms with Crippen LogP contribution in [-0.4, -0.2) is 17.1 Å². The Hall–Kier alpha value is -2.29. The van der Waals surface area contributed by atoms with Crippen LogP contribution in [0.25, 0.3) is 11.0 Å². The number of methoxy groups -OCH3 is 1. The normalized spacial score (nSPS) is 10.9. The van der Waals surface area contributed by atoms with Gasteiger partial charge in [-0.15, -0.1) is 0 Å². The number of hydrogen-bond donors (Lipinski definition) is 1. The molecule has 0 aliphatic rings. The van der Waals surface area contributed by atoms with Gasteiger partial charge >= 0.3 is 0 Å². The predicted molar refractivity (Wildman–Crippen MR) is 81.2 cm³/mol. The predicted octanol–water partition coefficient (Wildman–Crippen LogP) is 3.67. The van der Waals surface area contributed by atoms with E-state index < -0.39 is 0 Å². The van der Waals surface area contributed by atoms with Crippen molar-refractivity contribution in [2.75, 3.05) is 7.11 Å². The number of nitrogens with zero attached hydrogens (tertiary/aromatic N) is 1. The highest BCUT2D eigenvalue weighted by atomic mass is 16.5. The van der Waals surface area contributed by atoms with E-state index in [0.29, 0.717) is 0 Å². The fraction of sp³-hybridized carbons (Fsp3) is 0.235. The van der Waals surface area contributed by atoms with Crippen molar-refractivity contribution in [2.24, 2.45) is 0 Å². The van der Waals surface area contributed by atoms with Crippen LogP contribution in [0, 0.1) is 6.92 Å². The fourth-order valence-corrected chi connectivity index (χ4v) is 2.42. The minimum Gasteiger partial charge on any atom is -0.497 e. The average molecular weight is 266 g/mol. The van der Waals surface area contributed by atoms with Crippen molar-refractivity contribution in [3.63, 3.8) is 0 Å². The summed E-state index contributed by atoms with van der Waals surface area (Å²) in [7, 11) is 1.68. The summed E-state index contributed by atoms with van der Waals surface area (Å²) in [6.07, 6.45) is 1.92. The molecule has 102 valence electrons. The number of H-pyrrole nitrogens is 1. The van der Waals surface area contributed by atoms with Crippen LogP contribution in [0.4, 0.5) is 0 Å². The van der Waals surface area contributed by atoms with Gasteiger partial charge < -0.3 is 9.72 Å². The van der Waals surface area contributed by atoms with Crippen molar-refractivity contribution >= 4 is 11.0 Å². The Bertz CT molecular complexity index is 731. The van der Waals surface area contributed by atoms with Crippen molar-refractivity contribution in [1.82, 2.24) is 9.97 Å². The molecule has 0 fully saturated rings. The molecule has 0 atom stereocenters. The Balaban J connectivity index is 1.77. The summed E-state index contributed by atoms with van der Waals surface area (Å²) >= 11 is 0. The quantitative estimate of drug-likeness (QED) is 0.782. The van der Waals surface area contributed by atoms with E-state index in [1.165, 1.54) is 11.1 Å². The molecule has 3 nitrogen and oxygen atoms in total. The smallest absolute Gasteiger partial charge is 0.121 e. The minimum absolute atomic E-state index is 0.853. The van der Waals surface area contributed by atoms with Crippen molar-refractivity contribution < 1.29 is 4.74 Å². The summed E-state index contributed by atoms with van der Waals surface area (Å²) in [5.74, 6) is 1.88. The van der Waals surface area contributed by atoms with Crippen molar-refractivity contribution in [3.05, 3.63) is 59.4 Å². The Kier molecular flexibility index (Phi) is 3.42. The molecule has 0 unspecified atom stereocenters. The molecular weight excluding hydrogens is 248 g/mol. The Morgan fingerprint density at radius 1 is 1.10 bits per heavy atom. The van der Waals surface area contributed by atoms with Gasteiger partial charge in [0.1, 0.15) is 11.6 Å². The van der Waals surface area contributed by atoms with Gasteiger partial charge in [-0.25, -0.2) is 4.98 Å². The van der Waals surface area contributed by atoms with Crippen LogP contribution in [0.3, 0.4) is 0 Å². The third kappa shape index (κ3) is 2.67. The van der Waals surface area contributed by atoms with Crippen LogP contribution in [0.1, 0.15) is 17.0 Å². The number of aryl methyl sites for hydroxylation is 3. The molecule has 0 saturated heterocycles. The third-order valence-corrected chi connectivity index (χ3v) is 3.47. The Morgan fingerprint density at radius 2 is 2.00 bits per heavy atom. The van der Waals surface area contributed by atoms with Crippen molar-refractivity contribution in [3.8, 4) is 5.75 Å². The minimum atomic E-state index is 0.853. The first-order chi connectivity index (χ1) is 9.74. The Morgan fingerprint density at radius 3 is 2.80 bits per heavy atom. The lowest BCUT2D eigenvalue weighted by atomic mass is 10.1. The van der Waals surface area contributed by atoms with Crippen molar-refractivity contribution in [1.29, 1.82) is 0 Å². The average Bonchev–Trinajstić information content (AvgIpc) is 2.87. The molecule has 0 bridgehead atoms. The maximum atomic E-state index is 5.23. The molecule has 3 rings (SSSR count). The maximum absolute atomic E-state index is 5.23. The van der Waals surface area contributed by atoms with E-state index in [-0.39, 0.29) is 0 Å². The van der Waals surface area contributed by atoms with Gasteiger partial charge in [0, 0.05) is 12.5 Å². The molecular formula is C17H18N2O. The first kappa shape index (κ1) is 12.7. The van der Waals surface area contributed by atoms with Gasteiger partial charge in [-0.1, -0.05) is 29.8 Å². The molecule has 20 heavy (non-hydrogen) atoms. The summed E-state index contributed by atoms with van der Waals surface area (Å²) in [5, 5.41) is 0. The zero-order valence-corrected chi connectivity index (χ0v) is 11.8. The number of aromatic amines is 1. The number of benzene rings is 2. The fourth-order valence-electron chi connectivity index (χ4n) is 2.42. The lowest BCUT2D eigenvalue weighted by Crippen LogP contribution is -1.93. The highest BCUT2D eigenvalue weighted by Gasteiger charge is 2.04. The number of rotatable bonds is 4. The highest BCUT2D eigenvalue weighted by Crippen LogP contribution is 2.19. The monoisotopic (exact) mass is 266 g/mol. The van der Waals surface area contributed by atoms with Crippen LogP contribution in [-0.2, 0) is 12.8 Å². The van der Waals surface area contributed by atoms with Crippen molar-refractivity contribution in [2.45, 2.75) is 19.8 Å². The van der Waals surface area contributed by atoms with E-state index in [9.17, 15) is 0 Å². The number of aromatic nitrogens is 2. The number of imidazole rings is 1. The van der Waals surface area contributed by atoms with Gasteiger partial charge in [-0.2, -0.15) is 0 Å². The van der Waals surface area contributed by atoms with E-state index >= 15 is 0 Å². The standard InChI is InChI=1S/C17H18N2O/c1-12-4-3-5-13(10-12)6-9-17-18-15-8-7-14(20-2)11-16(15)19-17/h3-5,7-8,10-11H,6,9H2,1-2H3,(H,18,19). The maximum Gasteiger partial charge on any atom is 0.121 e. The second-order valence-corrected chi connectivity index (χ2v) is 5.06. The number of ether oxygens (including phenoxy) is 1. The van der Waals surface area contributed by atoms with Crippen LogP contribution < -0.4 is 4.74 Å². The first-order valence-corrected chi connectivity index (χ1v) is 6.83. The molecule has 0 radical (unpaired) electrons. The second kappa shape index (κ2) is 5.37. The van der Waals surface area contributed by atoms with E-state index in [1.54, 1.807) is 7.11 Å². The van der Waals surface area contributed by atoms with Gasteiger partial charge in [0.2, 0.25) is 0 Å². The van der Waals surface area contributed by atoms with E-state index in [0.717, 1.165) is 35.4 Å². The van der Waals surface area contributed by atoms with E-state index in [4.69, 9.17) is 4.74 Å². The molecule has 1 aromatic heterocycles. The largest absolute Gasteiger partial charge is 0.497 e. The zero-order valence-electron chi connectivity index (χ0n) is 11.8. The SMILES string of the molecule is COc1ccc2nc(CCc3cccc(C)c3)[nH]c2c1. The number of nitrogens with one attached hydrogen (secondary N) is 1. The molecule has 3 aromatic rings. The van der Waals surface area contributed by atoms with Gasteiger partial charge in [0.25, 0.3) is 0 Å². The topological polar surface area (TPSA) is 37.9 Å². The van der Waals surface area contributed by atoms with E-state index in [2.05, 4.69) is 41.2 Å². The third-order valence-electron chi connectivity index (χ3n) is 3.47. The molecule has 3 heteroatoms. The molecule has 0 amide bonds. The molecule has 0 aliphatic carbocycles. The first-order valence-electron chi connectivity index (χ1n) is 6.83. The lowest BCUT2D eigenvalue weighted by Gasteiger charge is -2.00. The second-order valence-electron chi connectivity index (χ2n) is 5.06. The molecule has 2 aromatic carbocycles. The highest BCUT2D eigenvalue weighted by molar-refractivity contribution is 5.76. The molecule has 1 heterocycles. The summed E-state index contributed by atoms with van der Waals surface area (Å²) < 4.78 is 5.23. The summed E-state index contributed by atoms with van der Waals surface area (Å²) in [6.45, 7) is 2.12.